The largest absolute Gasteiger partial charge is 0.334 e. The molecular formula is C16H17N2O+. The lowest BCUT2D eigenvalue weighted by Gasteiger charge is -2.28. The van der Waals surface area contributed by atoms with Crippen LogP contribution >= 0.6 is 0 Å². The molecule has 0 unspecified atom stereocenters. The minimum Gasteiger partial charge on any atom is -0.334 e. The first-order valence-electron chi connectivity index (χ1n) is 6.55. The van der Waals surface area contributed by atoms with Gasteiger partial charge in [-0.15, -0.1) is 0 Å². The van der Waals surface area contributed by atoms with Crippen LogP contribution in [0.5, 0.6) is 0 Å². The Kier molecular flexibility index (Phi) is 3.03. The minimum absolute atomic E-state index is 0.120. The molecule has 1 aliphatic heterocycles. The number of fused-ring (bicyclic) bond motifs is 1. The summed E-state index contributed by atoms with van der Waals surface area (Å²) in [7, 11) is 1.95. The molecule has 1 amide bonds. The van der Waals surface area contributed by atoms with E-state index in [1.54, 1.807) is 0 Å². The van der Waals surface area contributed by atoms with Crippen molar-refractivity contribution in [1.29, 1.82) is 0 Å². The van der Waals surface area contributed by atoms with Gasteiger partial charge in [0.05, 0.1) is 5.56 Å². The summed E-state index contributed by atoms with van der Waals surface area (Å²) in [4.78, 5) is 14.4. The number of aromatic nitrogens is 1. The number of nitrogens with zero attached hydrogens (tertiary/aromatic N) is 2. The average molecular weight is 253 g/mol. The summed E-state index contributed by atoms with van der Waals surface area (Å²) in [6.07, 6.45) is 4.76. The van der Waals surface area contributed by atoms with E-state index in [0.717, 1.165) is 25.1 Å². The van der Waals surface area contributed by atoms with Crippen LogP contribution in [-0.2, 0) is 20.0 Å². The standard InChI is InChI=1S/C16H17N2O/c1-17-9-6-14(7-10-17)16(19)18-11-8-13-4-2-3-5-15(13)12-18/h2-7,9-10H,8,11-12H2,1H3/q+1. The van der Waals surface area contributed by atoms with Crippen LogP contribution in [0.15, 0.2) is 48.8 Å². The molecule has 2 heterocycles. The number of hydrogen-bond acceptors (Lipinski definition) is 1. The van der Waals surface area contributed by atoms with Gasteiger partial charge in [0.1, 0.15) is 7.05 Å². The van der Waals surface area contributed by atoms with Crippen molar-refractivity contribution in [3.8, 4) is 0 Å². The zero-order valence-corrected chi connectivity index (χ0v) is 11.0. The Morgan fingerprint density at radius 1 is 1.11 bits per heavy atom. The molecule has 1 aromatic carbocycles. The van der Waals surface area contributed by atoms with Gasteiger partial charge in [0.15, 0.2) is 12.4 Å². The molecule has 0 N–H and O–H groups in total. The second-order valence-electron chi connectivity index (χ2n) is 5.00. The second kappa shape index (κ2) is 4.84. The summed E-state index contributed by atoms with van der Waals surface area (Å²) in [5.74, 6) is 0.120. The van der Waals surface area contributed by atoms with Crippen molar-refractivity contribution < 1.29 is 9.36 Å². The zero-order valence-electron chi connectivity index (χ0n) is 11.0. The number of amides is 1. The van der Waals surface area contributed by atoms with Crippen molar-refractivity contribution >= 4 is 5.91 Å². The summed E-state index contributed by atoms with van der Waals surface area (Å²) in [6, 6.07) is 12.1. The lowest BCUT2D eigenvalue weighted by atomic mass is 9.99. The quantitative estimate of drug-likeness (QED) is 0.710. The number of aryl methyl sites for hydroxylation is 1. The molecule has 3 rings (SSSR count). The van der Waals surface area contributed by atoms with E-state index in [2.05, 4.69) is 18.2 Å². The van der Waals surface area contributed by atoms with Gasteiger partial charge >= 0.3 is 0 Å². The highest BCUT2D eigenvalue weighted by molar-refractivity contribution is 5.94. The third kappa shape index (κ3) is 2.36. The maximum atomic E-state index is 12.4. The van der Waals surface area contributed by atoms with Crippen molar-refractivity contribution in [2.75, 3.05) is 6.54 Å². The maximum absolute atomic E-state index is 12.4. The van der Waals surface area contributed by atoms with E-state index in [-0.39, 0.29) is 5.91 Å². The molecule has 2 aromatic rings. The molecule has 3 heteroatoms. The van der Waals surface area contributed by atoms with Gasteiger partial charge in [-0.3, -0.25) is 4.79 Å². The summed E-state index contributed by atoms with van der Waals surface area (Å²) in [5, 5.41) is 0. The van der Waals surface area contributed by atoms with E-state index in [4.69, 9.17) is 0 Å². The fourth-order valence-electron chi connectivity index (χ4n) is 2.50. The van der Waals surface area contributed by atoms with Gasteiger partial charge < -0.3 is 4.90 Å². The molecule has 0 radical (unpaired) electrons. The van der Waals surface area contributed by atoms with E-state index in [9.17, 15) is 4.79 Å². The molecule has 0 fully saturated rings. The van der Waals surface area contributed by atoms with Crippen LogP contribution < -0.4 is 4.57 Å². The minimum atomic E-state index is 0.120. The Labute approximate surface area is 113 Å². The molecule has 96 valence electrons. The number of carbonyl (C=O) groups excluding carboxylic acids is 1. The van der Waals surface area contributed by atoms with Crippen molar-refractivity contribution in [1.82, 2.24) is 4.90 Å². The monoisotopic (exact) mass is 253 g/mol. The van der Waals surface area contributed by atoms with Gasteiger partial charge in [-0.1, -0.05) is 24.3 Å². The van der Waals surface area contributed by atoms with Crippen molar-refractivity contribution in [2.24, 2.45) is 7.05 Å². The molecule has 3 nitrogen and oxygen atoms in total. The summed E-state index contributed by atoms with van der Waals surface area (Å²) >= 11 is 0. The molecule has 0 saturated carbocycles. The van der Waals surface area contributed by atoms with Crippen molar-refractivity contribution in [3.05, 3.63) is 65.5 Å². The van der Waals surface area contributed by atoms with Crippen LogP contribution in [0.1, 0.15) is 21.5 Å². The molecule has 0 saturated heterocycles. The number of pyridine rings is 1. The van der Waals surface area contributed by atoms with Gasteiger partial charge in [0.2, 0.25) is 0 Å². The first-order valence-corrected chi connectivity index (χ1v) is 6.55. The van der Waals surface area contributed by atoms with Crippen LogP contribution in [-0.4, -0.2) is 17.4 Å². The molecule has 1 aliphatic rings. The molecular weight excluding hydrogens is 236 g/mol. The van der Waals surface area contributed by atoms with Gasteiger partial charge in [-0.2, -0.15) is 0 Å². The Morgan fingerprint density at radius 3 is 2.53 bits per heavy atom. The first kappa shape index (κ1) is 11.9. The lowest BCUT2D eigenvalue weighted by molar-refractivity contribution is -0.671. The fourth-order valence-corrected chi connectivity index (χ4v) is 2.50. The van der Waals surface area contributed by atoms with E-state index in [1.807, 2.05) is 47.1 Å². The predicted molar refractivity (Wildman–Crippen MR) is 72.5 cm³/mol. The van der Waals surface area contributed by atoms with Crippen molar-refractivity contribution in [2.45, 2.75) is 13.0 Å². The summed E-state index contributed by atoms with van der Waals surface area (Å²) in [6.45, 7) is 1.52. The van der Waals surface area contributed by atoms with Gasteiger partial charge in [0, 0.05) is 25.2 Å². The SMILES string of the molecule is C[n+]1ccc(C(=O)N2CCc3ccccc3C2)cc1. The highest BCUT2D eigenvalue weighted by Crippen LogP contribution is 2.19. The Bertz CT molecular complexity index is 604. The van der Waals surface area contributed by atoms with Gasteiger partial charge in [-0.25, -0.2) is 4.57 Å². The van der Waals surface area contributed by atoms with Crippen LogP contribution in [0.4, 0.5) is 0 Å². The molecule has 1 aromatic heterocycles. The van der Waals surface area contributed by atoms with Gasteiger partial charge in [-0.05, 0) is 17.5 Å². The Balaban J connectivity index is 1.81. The van der Waals surface area contributed by atoms with Gasteiger partial charge in [0.25, 0.3) is 5.91 Å². The Hall–Kier alpha value is -2.16. The van der Waals surface area contributed by atoms with Crippen LogP contribution in [0.3, 0.4) is 0 Å². The molecule has 19 heavy (non-hydrogen) atoms. The third-order valence-electron chi connectivity index (χ3n) is 3.64. The fraction of sp³-hybridized carbons (Fsp3) is 0.250. The summed E-state index contributed by atoms with van der Waals surface area (Å²) < 4.78 is 1.93. The number of hydrogen-bond donors (Lipinski definition) is 0. The predicted octanol–water partition coefficient (Wildman–Crippen LogP) is 1.71. The molecule has 0 aliphatic carbocycles. The van der Waals surface area contributed by atoms with E-state index in [1.165, 1.54) is 11.1 Å². The average Bonchev–Trinajstić information content (AvgIpc) is 2.47. The molecule has 0 bridgehead atoms. The smallest absolute Gasteiger partial charge is 0.254 e. The zero-order chi connectivity index (χ0) is 13.2. The molecule has 0 spiro atoms. The van der Waals surface area contributed by atoms with E-state index < -0.39 is 0 Å². The highest BCUT2D eigenvalue weighted by Gasteiger charge is 2.21. The van der Waals surface area contributed by atoms with Crippen molar-refractivity contribution in [3.63, 3.8) is 0 Å². The normalized spacial score (nSPS) is 14.1. The topological polar surface area (TPSA) is 24.2 Å². The Morgan fingerprint density at radius 2 is 1.79 bits per heavy atom. The second-order valence-corrected chi connectivity index (χ2v) is 5.00. The number of rotatable bonds is 1. The number of carbonyl (C=O) groups is 1. The maximum Gasteiger partial charge on any atom is 0.254 e. The summed E-state index contributed by atoms with van der Waals surface area (Å²) in [5.41, 5.74) is 3.40. The first-order chi connectivity index (χ1) is 9.24. The van der Waals surface area contributed by atoms with E-state index in [0.29, 0.717) is 0 Å². The molecule has 0 atom stereocenters. The van der Waals surface area contributed by atoms with Crippen LogP contribution in [0.25, 0.3) is 0 Å². The lowest BCUT2D eigenvalue weighted by Crippen LogP contribution is -2.36. The van der Waals surface area contributed by atoms with Crippen LogP contribution in [0, 0.1) is 0 Å². The van der Waals surface area contributed by atoms with E-state index >= 15 is 0 Å². The third-order valence-corrected chi connectivity index (χ3v) is 3.64. The highest BCUT2D eigenvalue weighted by atomic mass is 16.2. The van der Waals surface area contributed by atoms with Crippen LogP contribution in [0.2, 0.25) is 0 Å². The number of benzene rings is 1.